The van der Waals surface area contributed by atoms with Gasteiger partial charge in [-0.05, 0) is 6.92 Å². The Morgan fingerprint density at radius 3 is 2.91 bits per heavy atom. The van der Waals surface area contributed by atoms with Gasteiger partial charge in [-0.2, -0.15) is 5.10 Å². The van der Waals surface area contributed by atoms with Crippen LogP contribution in [-0.2, 0) is 6.54 Å². The van der Waals surface area contributed by atoms with E-state index in [4.69, 9.17) is 0 Å². The van der Waals surface area contributed by atoms with E-state index in [0.29, 0.717) is 6.54 Å². The van der Waals surface area contributed by atoms with Crippen LogP contribution in [0.4, 0.5) is 5.69 Å². The van der Waals surface area contributed by atoms with Gasteiger partial charge in [0, 0.05) is 19.7 Å². The van der Waals surface area contributed by atoms with Crippen molar-refractivity contribution >= 4 is 5.69 Å². The van der Waals surface area contributed by atoms with Gasteiger partial charge in [-0.1, -0.05) is 0 Å². The first-order valence-electron chi connectivity index (χ1n) is 3.53. The second-order valence-corrected chi connectivity index (χ2v) is 2.15. The third-order valence-corrected chi connectivity index (χ3v) is 1.46. The lowest BCUT2D eigenvalue weighted by molar-refractivity contribution is 0.616. The number of hydrogen-bond acceptors (Lipinski definition) is 3. The quantitative estimate of drug-likeness (QED) is 0.665. The molecular formula is C7H11N3O. The Morgan fingerprint density at radius 1 is 1.73 bits per heavy atom. The lowest BCUT2D eigenvalue weighted by atomic mass is 10.5. The van der Waals surface area contributed by atoms with E-state index in [0.717, 1.165) is 5.69 Å². The summed E-state index contributed by atoms with van der Waals surface area (Å²) in [6, 6.07) is 1.52. The lowest BCUT2D eigenvalue weighted by Gasteiger charge is -2.01. The second-order valence-electron chi connectivity index (χ2n) is 2.15. The highest BCUT2D eigenvalue weighted by Crippen LogP contribution is 1.95. The van der Waals surface area contributed by atoms with Crippen LogP contribution in [0, 0.1) is 0 Å². The Balaban J connectivity index is 3.10. The standard InChI is InChI=1S/C7H11N3O/c1-3-10-7(11)4-6(8-2)5-9-10/h4-5,8H,3H2,1-2H3. The minimum absolute atomic E-state index is 0.0700. The molecule has 0 spiro atoms. The van der Waals surface area contributed by atoms with E-state index in [1.165, 1.54) is 10.7 Å². The fourth-order valence-corrected chi connectivity index (χ4v) is 0.808. The topological polar surface area (TPSA) is 46.9 Å². The third kappa shape index (κ3) is 1.58. The summed E-state index contributed by atoms with van der Waals surface area (Å²) < 4.78 is 1.40. The first-order chi connectivity index (χ1) is 5.27. The van der Waals surface area contributed by atoms with Crippen LogP contribution >= 0.6 is 0 Å². The molecule has 60 valence electrons. The zero-order valence-corrected chi connectivity index (χ0v) is 6.66. The molecule has 1 rings (SSSR count). The Bertz CT molecular complexity index is 292. The molecule has 1 aromatic rings. The summed E-state index contributed by atoms with van der Waals surface area (Å²) in [5.74, 6) is 0. The SMILES string of the molecule is CCn1ncc(NC)cc1=O. The molecule has 0 aromatic carbocycles. The maximum Gasteiger partial charge on any atom is 0.268 e. The number of rotatable bonds is 2. The van der Waals surface area contributed by atoms with Crippen LogP contribution < -0.4 is 10.9 Å². The highest BCUT2D eigenvalue weighted by atomic mass is 16.1. The molecule has 1 aromatic heterocycles. The number of anilines is 1. The van der Waals surface area contributed by atoms with Gasteiger partial charge in [0.1, 0.15) is 0 Å². The highest BCUT2D eigenvalue weighted by Gasteiger charge is 1.94. The third-order valence-electron chi connectivity index (χ3n) is 1.46. The summed E-state index contributed by atoms with van der Waals surface area (Å²) >= 11 is 0. The van der Waals surface area contributed by atoms with E-state index in [9.17, 15) is 4.79 Å². The number of nitrogens with one attached hydrogen (secondary N) is 1. The Kier molecular flexibility index (Phi) is 2.25. The van der Waals surface area contributed by atoms with Gasteiger partial charge >= 0.3 is 0 Å². The van der Waals surface area contributed by atoms with E-state index in [1.54, 1.807) is 13.2 Å². The summed E-state index contributed by atoms with van der Waals surface area (Å²) in [5.41, 5.74) is 0.680. The van der Waals surface area contributed by atoms with Crippen molar-refractivity contribution < 1.29 is 0 Å². The summed E-state index contributed by atoms with van der Waals surface area (Å²) in [6.45, 7) is 2.50. The van der Waals surface area contributed by atoms with Crippen molar-refractivity contribution in [3.8, 4) is 0 Å². The monoisotopic (exact) mass is 153 g/mol. The molecule has 4 heteroatoms. The Labute approximate surface area is 64.9 Å². The molecule has 0 unspecified atom stereocenters. The molecule has 1 N–H and O–H groups in total. The maximum atomic E-state index is 11.1. The zero-order chi connectivity index (χ0) is 8.27. The smallest absolute Gasteiger partial charge is 0.268 e. The van der Waals surface area contributed by atoms with E-state index < -0.39 is 0 Å². The fourth-order valence-electron chi connectivity index (χ4n) is 0.808. The average Bonchev–Trinajstić information content (AvgIpc) is 2.04. The molecule has 0 aliphatic carbocycles. The molecular weight excluding hydrogens is 142 g/mol. The Hall–Kier alpha value is -1.32. The van der Waals surface area contributed by atoms with Gasteiger partial charge in [0.2, 0.25) is 0 Å². The fraction of sp³-hybridized carbons (Fsp3) is 0.429. The molecule has 0 fully saturated rings. The van der Waals surface area contributed by atoms with E-state index in [2.05, 4.69) is 10.4 Å². The minimum Gasteiger partial charge on any atom is -0.387 e. The van der Waals surface area contributed by atoms with E-state index in [-0.39, 0.29) is 5.56 Å². The van der Waals surface area contributed by atoms with Crippen molar-refractivity contribution in [2.45, 2.75) is 13.5 Å². The van der Waals surface area contributed by atoms with Crippen LogP contribution in [0.15, 0.2) is 17.1 Å². The van der Waals surface area contributed by atoms with E-state index in [1.807, 2.05) is 6.92 Å². The van der Waals surface area contributed by atoms with Crippen molar-refractivity contribution in [3.05, 3.63) is 22.6 Å². The number of hydrogen-bond donors (Lipinski definition) is 1. The molecule has 0 saturated carbocycles. The second kappa shape index (κ2) is 3.18. The molecule has 1 heterocycles. The zero-order valence-electron chi connectivity index (χ0n) is 6.66. The molecule has 0 aliphatic heterocycles. The van der Waals surface area contributed by atoms with Crippen LogP contribution in [0.1, 0.15) is 6.92 Å². The summed E-state index contributed by atoms with van der Waals surface area (Å²) in [7, 11) is 1.76. The normalized spacial score (nSPS) is 9.64. The van der Waals surface area contributed by atoms with Crippen LogP contribution in [0.3, 0.4) is 0 Å². The van der Waals surface area contributed by atoms with Crippen molar-refractivity contribution in [1.82, 2.24) is 9.78 Å². The molecule has 0 radical (unpaired) electrons. The maximum absolute atomic E-state index is 11.1. The lowest BCUT2D eigenvalue weighted by Crippen LogP contribution is -2.20. The number of aryl methyl sites for hydroxylation is 1. The minimum atomic E-state index is -0.0700. The van der Waals surface area contributed by atoms with Crippen LogP contribution in [0.5, 0.6) is 0 Å². The summed E-state index contributed by atoms with van der Waals surface area (Å²) in [6.07, 6.45) is 1.63. The van der Waals surface area contributed by atoms with Gasteiger partial charge < -0.3 is 5.32 Å². The molecule has 0 aliphatic rings. The van der Waals surface area contributed by atoms with Gasteiger partial charge in [0.05, 0.1) is 11.9 Å². The van der Waals surface area contributed by atoms with Crippen molar-refractivity contribution in [1.29, 1.82) is 0 Å². The molecule has 11 heavy (non-hydrogen) atoms. The predicted molar refractivity (Wildman–Crippen MR) is 43.7 cm³/mol. The number of aromatic nitrogens is 2. The van der Waals surface area contributed by atoms with Gasteiger partial charge in [-0.25, -0.2) is 4.68 Å². The van der Waals surface area contributed by atoms with Gasteiger partial charge in [-0.15, -0.1) is 0 Å². The van der Waals surface area contributed by atoms with Crippen molar-refractivity contribution in [2.24, 2.45) is 0 Å². The first-order valence-corrected chi connectivity index (χ1v) is 3.53. The molecule has 0 saturated heterocycles. The molecule has 0 amide bonds. The van der Waals surface area contributed by atoms with Crippen LogP contribution in [0.25, 0.3) is 0 Å². The molecule has 0 atom stereocenters. The molecule has 0 bridgehead atoms. The first kappa shape index (κ1) is 7.78. The van der Waals surface area contributed by atoms with Crippen molar-refractivity contribution in [3.63, 3.8) is 0 Å². The average molecular weight is 153 g/mol. The largest absolute Gasteiger partial charge is 0.387 e. The van der Waals surface area contributed by atoms with Crippen molar-refractivity contribution in [2.75, 3.05) is 12.4 Å². The van der Waals surface area contributed by atoms with Crippen LogP contribution in [-0.4, -0.2) is 16.8 Å². The highest BCUT2D eigenvalue weighted by molar-refractivity contribution is 5.37. The van der Waals surface area contributed by atoms with Crippen LogP contribution in [0.2, 0.25) is 0 Å². The van der Waals surface area contributed by atoms with Gasteiger partial charge in [0.25, 0.3) is 5.56 Å². The predicted octanol–water partition coefficient (Wildman–Crippen LogP) is 0.305. The summed E-state index contributed by atoms with van der Waals surface area (Å²) in [4.78, 5) is 11.1. The number of nitrogens with zero attached hydrogens (tertiary/aromatic N) is 2. The Morgan fingerprint density at radius 2 is 2.45 bits per heavy atom. The van der Waals surface area contributed by atoms with Gasteiger partial charge in [0.15, 0.2) is 0 Å². The van der Waals surface area contributed by atoms with Gasteiger partial charge in [-0.3, -0.25) is 4.79 Å². The summed E-state index contributed by atoms with van der Waals surface area (Å²) in [5, 5.41) is 6.75. The molecule has 4 nitrogen and oxygen atoms in total. The van der Waals surface area contributed by atoms with E-state index >= 15 is 0 Å².